The van der Waals surface area contributed by atoms with Gasteiger partial charge < -0.3 is 5.32 Å². The molecule has 5 heteroatoms. The Morgan fingerprint density at radius 3 is 2.73 bits per heavy atom. The van der Waals surface area contributed by atoms with Gasteiger partial charge in [0.15, 0.2) is 9.84 Å². The molecule has 0 spiro atoms. The first-order valence-electron chi connectivity index (χ1n) is 5.86. The molecule has 1 atom stereocenters. The SMILES string of the molecule is O=S1(=O)CCCCC1N1CCCNCC1. The van der Waals surface area contributed by atoms with Crippen LogP contribution in [-0.4, -0.2) is 50.6 Å². The van der Waals surface area contributed by atoms with Crippen molar-refractivity contribution in [1.29, 1.82) is 0 Å². The van der Waals surface area contributed by atoms with Gasteiger partial charge >= 0.3 is 0 Å². The fourth-order valence-electron chi connectivity index (χ4n) is 2.50. The van der Waals surface area contributed by atoms with Crippen molar-refractivity contribution in [3.8, 4) is 0 Å². The molecule has 2 rings (SSSR count). The average molecular weight is 232 g/mol. The van der Waals surface area contributed by atoms with Gasteiger partial charge in [-0.05, 0) is 32.2 Å². The Morgan fingerprint density at radius 2 is 1.93 bits per heavy atom. The van der Waals surface area contributed by atoms with Crippen LogP contribution in [0.2, 0.25) is 0 Å². The molecule has 15 heavy (non-hydrogen) atoms. The lowest BCUT2D eigenvalue weighted by Crippen LogP contribution is -2.45. The minimum Gasteiger partial charge on any atom is -0.315 e. The molecular weight excluding hydrogens is 212 g/mol. The zero-order valence-corrected chi connectivity index (χ0v) is 9.93. The van der Waals surface area contributed by atoms with Crippen LogP contribution in [-0.2, 0) is 9.84 Å². The van der Waals surface area contributed by atoms with Crippen molar-refractivity contribution in [3.63, 3.8) is 0 Å². The first-order valence-corrected chi connectivity index (χ1v) is 7.58. The number of hydrogen-bond donors (Lipinski definition) is 1. The molecule has 0 saturated carbocycles. The summed E-state index contributed by atoms with van der Waals surface area (Å²) >= 11 is 0. The van der Waals surface area contributed by atoms with Crippen molar-refractivity contribution < 1.29 is 8.42 Å². The van der Waals surface area contributed by atoms with E-state index in [1.807, 2.05) is 0 Å². The van der Waals surface area contributed by atoms with Gasteiger partial charge in [0, 0.05) is 19.6 Å². The van der Waals surface area contributed by atoms with E-state index in [2.05, 4.69) is 10.2 Å². The summed E-state index contributed by atoms with van der Waals surface area (Å²) < 4.78 is 23.9. The van der Waals surface area contributed by atoms with Crippen LogP contribution < -0.4 is 5.32 Å². The van der Waals surface area contributed by atoms with Gasteiger partial charge in [-0.2, -0.15) is 0 Å². The van der Waals surface area contributed by atoms with Gasteiger partial charge in [-0.1, -0.05) is 0 Å². The number of hydrogen-bond acceptors (Lipinski definition) is 4. The van der Waals surface area contributed by atoms with Crippen molar-refractivity contribution in [3.05, 3.63) is 0 Å². The van der Waals surface area contributed by atoms with E-state index < -0.39 is 9.84 Å². The highest BCUT2D eigenvalue weighted by molar-refractivity contribution is 7.92. The Hall–Kier alpha value is -0.130. The number of sulfone groups is 1. The van der Waals surface area contributed by atoms with Crippen molar-refractivity contribution in [1.82, 2.24) is 10.2 Å². The average Bonchev–Trinajstić information content (AvgIpc) is 2.45. The van der Waals surface area contributed by atoms with E-state index >= 15 is 0 Å². The summed E-state index contributed by atoms with van der Waals surface area (Å²) in [4.78, 5) is 2.16. The molecule has 1 N–H and O–H groups in total. The summed E-state index contributed by atoms with van der Waals surface area (Å²) in [5, 5.41) is 3.12. The summed E-state index contributed by atoms with van der Waals surface area (Å²) in [5.74, 6) is 0.390. The van der Waals surface area contributed by atoms with Crippen LogP contribution >= 0.6 is 0 Å². The Bertz CT molecular complexity index is 295. The minimum atomic E-state index is -2.84. The molecule has 4 nitrogen and oxygen atoms in total. The van der Waals surface area contributed by atoms with Gasteiger partial charge in [0.2, 0.25) is 0 Å². The van der Waals surface area contributed by atoms with Gasteiger partial charge in [-0.3, -0.25) is 4.90 Å². The zero-order valence-electron chi connectivity index (χ0n) is 9.11. The summed E-state index contributed by atoms with van der Waals surface area (Å²) in [5.41, 5.74) is 0. The summed E-state index contributed by atoms with van der Waals surface area (Å²) in [6.45, 7) is 3.75. The van der Waals surface area contributed by atoms with Gasteiger partial charge in [-0.25, -0.2) is 8.42 Å². The molecule has 0 radical (unpaired) electrons. The molecule has 0 aromatic carbocycles. The van der Waals surface area contributed by atoms with E-state index in [0.29, 0.717) is 5.75 Å². The molecule has 2 heterocycles. The minimum absolute atomic E-state index is 0.189. The van der Waals surface area contributed by atoms with Crippen molar-refractivity contribution >= 4 is 9.84 Å². The Kier molecular flexibility index (Phi) is 3.64. The van der Waals surface area contributed by atoms with Gasteiger partial charge in [0.1, 0.15) is 5.37 Å². The van der Waals surface area contributed by atoms with E-state index in [1.165, 1.54) is 0 Å². The smallest absolute Gasteiger partial charge is 0.166 e. The highest BCUT2D eigenvalue weighted by atomic mass is 32.2. The monoisotopic (exact) mass is 232 g/mol. The van der Waals surface area contributed by atoms with Crippen LogP contribution in [0.3, 0.4) is 0 Å². The van der Waals surface area contributed by atoms with Crippen molar-refractivity contribution in [2.75, 3.05) is 31.9 Å². The van der Waals surface area contributed by atoms with Gasteiger partial charge in [0.05, 0.1) is 5.75 Å². The third kappa shape index (κ3) is 2.71. The predicted molar refractivity (Wildman–Crippen MR) is 60.5 cm³/mol. The van der Waals surface area contributed by atoms with Gasteiger partial charge in [-0.15, -0.1) is 0 Å². The second-order valence-corrected chi connectivity index (χ2v) is 6.74. The molecule has 88 valence electrons. The van der Waals surface area contributed by atoms with Gasteiger partial charge in [0.25, 0.3) is 0 Å². The quantitative estimate of drug-likeness (QED) is 0.702. The predicted octanol–water partition coefficient (Wildman–Crippen LogP) is 0.206. The number of nitrogens with zero attached hydrogens (tertiary/aromatic N) is 1. The molecule has 0 aliphatic carbocycles. The highest BCUT2D eigenvalue weighted by Gasteiger charge is 2.33. The maximum atomic E-state index is 11.9. The summed E-state index contributed by atoms with van der Waals surface area (Å²) in [7, 11) is -2.84. The van der Waals surface area contributed by atoms with E-state index in [1.54, 1.807) is 0 Å². The molecule has 2 aliphatic rings. The topological polar surface area (TPSA) is 49.4 Å². The van der Waals surface area contributed by atoms with E-state index in [-0.39, 0.29) is 5.37 Å². The Balaban J connectivity index is 2.06. The lowest BCUT2D eigenvalue weighted by molar-refractivity contribution is 0.245. The Morgan fingerprint density at radius 1 is 1.07 bits per heavy atom. The Labute approximate surface area is 91.9 Å². The molecule has 0 aromatic rings. The first kappa shape index (κ1) is 11.4. The molecule has 2 saturated heterocycles. The first-order chi connectivity index (χ1) is 7.20. The highest BCUT2D eigenvalue weighted by Crippen LogP contribution is 2.23. The van der Waals surface area contributed by atoms with Crippen LogP contribution in [0, 0.1) is 0 Å². The number of nitrogens with one attached hydrogen (secondary N) is 1. The normalized spacial score (nSPS) is 33.5. The lowest BCUT2D eigenvalue weighted by atomic mass is 10.2. The molecule has 0 amide bonds. The second kappa shape index (κ2) is 4.80. The van der Waals surface area contributed by atoms with E-state index in [0.717, 1.165) is 51.9 Å². The lowest BCUT2D eigenvalue weighted by Gasteiger charge is -2.32. The third-order valence-electron chi connectivity index (χ3n) is 3.33. The van der Waals surface area contributed by atoms with Crippen molar-refractivity contribution in [2.24, 2.45) is 0 Å². The molecule has 0 aromatic heterocycles. The second-order valence-electron chi connectivity index (χ2n) is 4.46. The fraction of sp³-hybridized carbons (Fsp3) is 1.00. The van der Waals surface area contributed by atoms with Crippen LogP contribution in [0.25, 0.3) is 0 Å². The number of rotatable bonds is 1. The van der Waals surface area contributed by atoms with E-state index in [4.69, 9.17) is 0 Å². The van der Waals surface area contributed by atoms with Crippen LogP contribution in [0.4, 0.5) is 0 Å². The maximum Gasteiger partial charge on any atom is 0.166 e. The summed E-state index contributed by atoms with van der Waals surface area (Å²) in [6.07, 6.45) is 3.81. The van der Waals surface area contributed by atoms with E-state index in [9.17, 15) is 8.42 Å². The largest absolute Gasteiger partial charge is 0.315 e. The molecule has 2 aliphatic heterocycles. The standard InChI is InChI=1S/C10H20N2O2S/c13-15(14)9-2-1-4-10(15)12-7-3-5-11-6-8-12/h10-11H,1-9H2. The zero-order chi connectivity index (χ0) is 10.7. The van der Waals surface area contributed by atoms with Crippen LogP contribution in [0.5, 0.6) is 0 Å². The molecular formula is C10H20N2O2S. The van der Waals surface area contributed by atoms with Crippen molar-refractivity contribution in [2.45, 2.75) is 31.1 Å². The molecule has 2 fully saturated rings. The van der Waals surface area contributed by atoms with Crippen LogP contribution in [0.15, 0.2) is 0 Å². The van der Waals surface area contributed by atoms with Crippen LogP contribution in [0.1, 0.15) is 25.7 Å². The third-order valence-corrected chi connectivity index (χ3v) is 5.55. The molecule has 0 bridgehead atoms. The fourth-order valence-corrected chi connectivity index (χ4v) is 4.57. The molecule has 1 unspecified atom stereocenters. The summed E-state index contributed by atoms with van der Waals surface area (Å²) in [6, 6.07) is 0. The maximum absolute atomic E-state index is 11.9.